The summed E-state index contributed by atoms with van der Waals surface area (Å²) in [6.45, 7) is 4.30. The molecule has 2 unspecified atom stereocenters. The second kappa shape index (κ2) is 7.14. The molecule has 3 aliphatic rings. The molecule has 1 aromatic rings. The summed E-state index contributed by atoms with van der Waals surface area (Å²) in [5, 5.41) is 12.7. The molecule has 2 atom stereocenters. The van der Waals surface area contributed by atoms with Crippen molar-refractivity contribution >= 4 is 11.9 Å². The molecule has 0 spiro atoms. The van der Waals surface area contributed by atoms with E-state index in [-0.39, 0.29) is 11.3 Å². The molecule has 1 aliphatic carbocycles. The van der Waals surface area contributed by atoms with Crippen LogP contribution in [-0.4, -0.2) is 46.2 Å². The third kappa shape index (κ3) is 3.31. The lowest BCUT2D eigenvalue weighted by Crippen LogP contribution is -2.52. The SMILES string of the molecule is CCC1(Cc2cnc(N3C4CCC3CNC4)nc2)CCC(C(=O)O)CC1. The van der Waals surface area contributed by atoms with Gasteiger partial charge in [0.25, 0.3) is 0 Å². The molecule has 6 heteroatoms. The number of fused-ring (bicyclic) bond motifs is 2. The monoisotopic (exact) mass is 358 g/mol. The molecule has 2 bridgehead atoms. The Morgan fingerprint density at radius 2 is 1.81 bits per heavy atom. The Bertz CT molecular complexity index is 624. The van der Waals surface area contributed by atoms with Crippen molar-refractivity contribution in [1.29, 1.82) is 0 Å². The van der Waals surface area contributed by atoms with Crippen molar-refractivity contribution in [2.75, 3.05) is 18.0 Å². The van der Waals surface area contributed by atoms with Gasteiger partial charge in [0.15, 0.2) is 0 Å². The van der Waals surface area contributed by atoms with Gasteiger partial charge >= 0.3 is 5.97 Å². The average Bonchev–Trinajstić information content (AvgIpc) is 2.91. The van der Waals surface area contributed by atoms with E-state index in [0.717, 1.165) is 57.6 Å². The Labute approximate surface area is 155 Å². The van der Waals surface area contributed by atoms with E-state index in [1.807, 2.05) is 12.4 Å². The highest BCUT2D eigenvalue weighted by Crippen LogP contribution is 2.44. The third-order valence-corrected chi connectivity index (χ3v) is 7.03. The van der Waals surface area contributed by atoms with Crippen LogP contribution in [0.5, 0.6) is 0 Å². The van der Waals surface area contributed by atoms with Crippen molar-refractivity contribution in [1.82, 2.24) is 15.3 Å². The van der Waals surface area contributed by atoms with E-state index in [9.17, 15) is 9.90 Å². The predicted octanol–water partition coefficient (Wildman–Crippen LogP) is 2.63. The minimum absolute atomic E-state index is 0.156. The zero-order valence-electron chi connectivity index (χ0n) is 15.7. The minimum atomic E-state index is -0.631. The molecule has 2 aliphatic heterocycles. The summed E-state index contributed by atoms with van der Waals surface area (Å²) in [7, 11) is 0. The maximum atomic E-state index is 11.2. The third-order valence-electron chi connectivity index (χ3n) is 7.03. The molecule has 0 radical (unpaired) electrons. The lowest BCUT2D eigenvalue weighted by molar-refractivity contribution is -0.143. The zero-order chi connectivity index (χ0) is 18.1. The summed E-state index contributed by atoms with van der Waals surface area (Å²) in [5.41, 5.74) is 1.40. The molecular weight excluding hydrogens is 328 g/mol. The van der Waals surface area contributed by atoms with Gasteiger partial charge in [0, 0.05) is 37.6 Å². The Balaban J connectivity index is 1.43. The van der Waals surface area contributed by atoms with E-state index >= 15 is 0 Å². The number of piperazine rings is 1. The second-order valence-corrected chi connectivity index (χ2v) is 8.48. The second-order valence-electron chi connectivity index (χ2n) is 8.48. The van der Waals surface area contributed by atoms with Crippen molar-refractivity contribution in [3.05, 3.63) is 18.0 Å². The van der Waals surface area contributed by atoms with Gasteiger partial charge in [-0.3, -0.25) is 4.79 Å². The number of carbonyl (C=O) groups is 1. The fourth-order valence-corrected chi connectivity index (χ4v) is 5.24. The Morgan fingerprint density at radius 1 is 1.19 bits per heavy atom. The highest BCUT2D eigenvalue weighted by molar-refractivity contribution is 5.70. The molecule has 142 valence electrons. The molecule has 0 aromatic carbocycles. The minimum Gasteiger partial charge on any atom is -0.481 e. The van der Waals surface area contributed by atoms with Gasteiger partial charge in [-0.2, -0.15) is 0 Å². The van der Waals surface area contributed by atoms with Crippen LogP contribution < -0.4 is 10.2 Å². The molecular formula is C20H30N4O2. The van der Waals surface area contributed by atoms with Gasteiger partial charge in [-0.15, -0.1) is 0 Å². The van der Waals surface area contributed by atoms with Crippen LogP contribution in [0.25, 0.3) is 0 Å². The fraction of sp³-hybridized carbons (Fsp3) is 0.750. The van der Waals surface area contributed by atoms with Crippen molar-refractivity contribution in [3.63, 3.8) is 0 Å². The van der Waals surface area contributed by atoms with Crippen LogP contribution in [0.4, 0.5) is 5.95 Å². The van der Waals surface area contributed by atoms with E-state index in [4.69, 9.17) is 9.97 Å². The molecule has 3 heterocycles. The van der Waals surface area contributed by atoms with Gasteiger partial charge in [-0.25, -0.2) is 9.97 Å². The molecule has 4 rings (SSSR count). The van der Waals surface area contributed by atoms with Gasteiger partial charge in [0.05, 0.1) is 5.92 Å². The van der Waals surface area contributed by atoms with E-state index in [1.54, 1.807) is 0 Å². The van der Waals surface area contributed by atoms with Crippen molar-refractivity contribution in [3.8, 4) is 0 Å². The predicted molar refractivity (Wildman–Crippen MR) is 100 cm³/mol. The lowest BCUT2D eigenvalue weighted by Gasteiger charge is -2.39. The van der Waals surface area contributed by atoms with Gasteiger partial charge in [-0.05, 0) is 55.9 Å². The highest BCUT2D eigenvalue weighted by Gasteiger charge is 2.39. The lowest BCUT2D eigenvalue weighted by atomic mass is 9.66. The number of nitrogens with zero attached hydrogens (tertiary/aromatic N) is 3. The van der Waals surface area contributed by atoms with Crippen molar-refractivity contribution < 1.29 is 9.90 Å². The number of carboxylic acid groups (broad SMARTS) is 1. The summed E-state index contributed by atoms with van der Waals surface area (Å²) in [6, 6.07) is 1.07. The van der Waals surface area contributed by atoms with E-state index < -0.39 is 5.97 Å². The molecule has 1 aromatic heterocycles. The first-order valence-electron chi connectivity index (χ1n) is 10.1. The van der Waals surface area contributed by atoms with Gasteiger partial charge in [0.2, 0.25) is 5.95 Å². The summed E-state index contributed by atoms with van der Waals surface area (Å²) < 4.78 is 0. The quantitative estimate of drug-likeness (QED) is 0.842. The number of aromatic nitrogens is 2. The first-order valence-corrected chi connectivity index (χ1v) is 10.1. The number of hydrogen-bond donors (Lipinski definition) is 2. The number of anilines is 1. The van der Waals surface area contributed by atoms with Crippen molar-refractivity contribution in [2.45, 2.75) is 70.4 Å². The van der Waals surface area contributed by atoms with E-state index in [2.05, 4.69) is 17.1 Å². The van der Waals surface area contributed by atoms with Gasteiger partial charge in [-0.1, -0.05) is 13.3 Å². The first-order chi connectivity index (χ1) is 12.6. The zero-order valence-corrected chi connectivity index (χ0v) is 15.7. The maximum Gasteiger partial charge on any atom is 0.306 e. The van der Waals surface area contributed by atoms with E-state index in [1.165, 1.54) is 18.4 Å². The van der Waals surface area contributed by atoms with Crippen LogP contribution in [0.15, 0.2) is 12.4 Å². The van der Waals surface area contributed by atoms with Crippen LogP contribution >= 0.6 is 0 Å². The Hall–Kier alpha value is -1.69. The Kier molecular flexibility index (Phi) is 4.86. The topological polar surface area (TPSA) is 78.4 Å². The molecule has 2 saturated heterocycles. The highest BCUT2D eigenvalue weighted by atomic mass is 16.4. The van der Waals surface area contributed by atoms with E-state index in [0.29, 0.717) is 12.1 Å². The molecule has 3 fully saturated rings. The first kappa shape index (κ1) is 17.7. The van der Waals surface area contributed by atoms with Gasteiger partial charge in [0.1, 0.15) is 0 Å². The normalized spacial score (nSPS) is 34.0. The van der Waals surface area contributed by atoms with Gasteiger partial charge < -0.3 is 15.3 Å². The summed E-state index contributed by atoms with van der Waals surface area (Å²) in [5.74, 6) is 0.0902. The van der Waals surface area contributed by atoms with Crippen LogP contribution in [0.3, 0.4) is 0 Å². The standard InChI is InChI=1S/C20H30N4O2/c1-2-20(7-5-15(6-8-20)18(25)26)9-14-10-22-19(23-11-14)24-16-3-4-17(24)13-21-12-16/h10-11,15-17,21H,2-9,12-13H2,1H3,(H,25,26). The number of hydrogen-bond acceptors (Lipinski definition) is 5. The Morgan fingerprint density at radius 3 is 2.35 bits per heavy atom. The molecule has 1 saturated carbocycles. The summed E-state index contributed by atoms with van der Waals surface area (Å²) >= 11 is 0. The molecule has 26 heavy (non-hydrogen) atoms. The summed E-state index contributed by atoms with van der Waals surface area (Å²) in [4.78, 5) is 23.1. The maximum absolute atomic E-state index is 11.2. The smallest absolute Gasteiger partial charge is 0.306 e. The fourth-order valence-electron chi connectivity index (χ4n) is 5.24. The number of aliphatic carboxylic acids is 1. The number of rotatable bonds is 5. The van der Waals surface area contributed by atoms with Crippen LogP contribution in [0.2, 0.25) is 0 Å². The molecule has 2 N–H and O–H groups in total. The summed E-state index contributed by atoms with van der Waals surface area (Å²) in [6.07, 6.45) is 12.1. The van der Waals surface area contributed by atoms with Crippen LogP contribution in [-0.2, 0) is 11.2 Å². The van der Waals surface area contributed by atoms with Crippen LogP contribution in [0, 0.1) is 11.3 Å². The van der Waals surface area contributed by atoms with Crippen molar-refractivity contribution in [2.24, 2.45) is 11.3 Å². The molecule has 6 nitrogen and oxygen atoms in total. The number of carboxylic acids is 1. The number of nitrogens with one attached hydrogen (secondary N) is 1. The largest absolute Gasteiger partial charge is 0.481 e. The average molecular weight is 358 g/mol. The van der Waals surface area contributed by atoms with Crippen LogP contribution in [0.1, 0.15) is 57.4 Å². The molecule has 0 amide bonds.